The first-order chi connectivity index (χ1) is 21.4. The van der Waals surface area contributed by atoms with Gasteiger partial charge in [-0.15, -0.1) is 0 Å². The van der Waals surface area contributed by atoms with Crippen LogP contribution in [0.1, 0.15) is 43.5 Å². The lowest BCUT2D eigenvalue weighted by Crippen LogP contribution is -2.54. The van der Waals surface area contributed by atoms with Crippen molar-refractivity contribution in [3.8, 4) is 28.6 Å². The Kier molecular flexibility index (Phi) is 8.92. The van der Waals surface area contributed by atoms with Gasteiger partial charge in [0.2, 0.25) is 5.91 Å². The van der Waals surface area contributed by atoms with Gasteiger partial charge in [0.25, 0.3) is 5.56 Å². The molecule has 0 saturated carbocycles. The second-order valence-electron chi connectivity index (χ2n) is 11.3. The summed E-state index contributed by atoms with van der Waals surface area (Å²) in [5, 5.41) is 11.1. The number of ether oxygens (including phenoxy) is 1. The standard InChI is InChI=1S/C34H32Cl2FN5O3/c1-7-28(43)40-12-13-41(20(5)17-40)33-22-14-25(36)21(29-27(45-6)9-8-24(35)30(29)37)15-26(22)42(34(44)23(33)16-38)32-19(4)10-11-39-31(32)18(2)3/h7-11,14-15,18,20H,1,12-13,17H2,2-6H3/t20-/m0/s1. The van der Waals surface area contributed by atoms with E-state index >= 15 is 4.39 Å². The van der Waals surface area contributed by atoms with Crippen molar-refractivity contribution in [2.24, 2.45) is 0 Å². The number of nitrogens with zero attached hydrogens (tertiary/aromatic N) is 5. The Morgan fingerprint density at radius 3 is 2.56 bits per heavy atom. The van der Waals surface area contributed by atoms with Crippen molar-refractivity contribution in [1.29, 1.82) is 5.26 Å². The molecule has 8 nitrogen and oxygen atoms in total. The van der Waals surface area contributed by atoms with Gasteiger partial charge in [-0.05, 0) is 61.7 Å². The number of carbonyl (C=O) groups excluding carboxylic acids is 1. The second-order valence-corrected chi connectivity index (χ2v) is 12.1. The van der Waals surface area contributed by atoms with Crippen molar-refractivity contribution in [3.63, 3.8) is 0 Å². The van der Waals surface area contributed by atoms with Crippen molar-refractivity contribution >= 4 is 45.7 Å². The molecular weight excluding hydrogens is 616 g/mol. The number of halogens is 3. The van der Waals surface area contributed by atoms with Gasteiger partial charge in [0.05, 0.1) is 40.3 Å². The maximum atomic E-state index is 15.7. The van der Waals surface area contributed by atoms with Crippen LogP contribution in [0, 0.1) is 24.1 Å². The molecule has 0 unspecified atom stereocenters. The number of carbonyl (C=O) groups is 1. The summed E-state index contributed by atoms with van der Waals surface area (Å²) in [7, 11) is 1.42. The summed E-state index contributed by atoms with van der Waals surface area (Å²) < 4.78 is 22.7. The third-order valence-electron chi connectivity index (χ3n) is 8.22. The normalized spacial score (nSPS) is 15.0. The molecule has 0 radical (unpaired) electrons. The van der Waals surface area contributed by atoms with Crippen LogP contribution in [0.15, 0.2) is 54.0 Å². The Labute approximate surface area is 270 Å². The van der Waals surface area contributed by atoms with Gasteiger partial charge in [0.15, 0.2) is 5.82 Å². The quantitative estimate of drug-likeness (QED) is 0.209. The van der Waals surface area contributed by atoms with E-state index in [1.165, 1.54) is 23.8 Å². The first-order valence-corrected chi connectivity index (χ1v) is 15.2. The number of methoxy groups -OCH3 is 1. The molecule has 0 N–H and O–H groups in total. The van der Waals surface area contributed by atoms with Gasteiger partial charge in [-0.1, -0.05) is 43.6 Å². The molecule has 11 heteroatoms. The number of aromatic nitrogens is 2. The lowest BCUT2D eigenvalue weighted by atomic mass is 9.97. The van der Waals surface area contributed by atoms with Crippen molar-refractivity contribution in [1.82, 2.24) is 14.5 Å². The maximum absolute atomic E-state index is 15.7. The SMILES string of the molecule is C=CC(=O)N1CCN(c2c(C#N)c(=O)n(-c3c(C)ccnc3C(C)C)c3cc(-c4c(OC)ccc(Cl)c4F)c(Cl)cc23)[C@@H](C)C1. The van der Waals surface area contributed by atoms with E-state index in [9.17, 15) is 14.9 Å². The molecule has 1 saturated heterocycles. The third-order valence-corrected chi connectivity index (χ3v) is 8.82. The van der Waals surface area contributed by atoms with Gasteiger partial charge < -0.3 is 14.5 Å². The van der Waals surface area contributed by atoms with Crippen LogP contribution in [-0.2, 0) is 4.79 Å². The van der Waals surface area contributed by atoms with Gasteiger partial charge in [-0.25, -0.2) is 4.39 Å². The molecule has 1 amide bonds. The molecule has 0 bridgehead atoms. The summed E-state index contributed by atoms with van der Waals surface area (Å²) in [5.41, 5.74) is 2.41. The number of anilines is 1. The minimum atomic E-state index is -0.725. The predicted octanol–water partition coefficient (Wildman–Crippen LogP) is 7.03. The molecular formula is C34H32Cl2FN5O3. The Morgan fingerprint density at radius 1 is 1.20 bits per heavy atom. The predicted molar refractivity (Wildman–Crippen MR) is 176 cm³/mol. The first-order valence-electron chi connectivity index (χ1n) is 14.4. The van der Waals surface area contributed by atoms with E-state index in [0.29, 0.717) is 47.6 Å². The zero-order chi connectivity index (χ0) is 32.7. The van der Waals surface area contributed by atoms with Crippen LogP contribution in [-0.4, -0.2) is 53.1 Å². The lowest BCUT2D eigenvalue weighted by molar-refractivity contribution is -0.126. The Hall–Kier alpha value is -4.39. The summed E-state index contributed by atoms with van der Waals surface area (Å²) in [6, 6.07) is 9.93. The molecule has 0 spiro atoms. The second kappa shape index (κ2) is 12.5. The smallest absolute Gasteiger partial charge is 0.275 e. The maximum Gasteiger partial charge on any atom is 0.275 e. The number of rotatable bonds is 6. The molecule has 5 rings (SSSR count). The number of nitriles is 1. The number of hydrogen-bond donors (Lipinski definition) is 0. The van der Waals surface area contributed by atoms with E-state index in [0.717, 1.165) is 5.56 Å². The number of fused-ring (bicyclic) bond motifs is 1. The zero-order valence-corrected chi connectivity index (χ0v) is 27.1. The van der Waals surface area contributed by atoms with Crippen LogP contribution < -0.4 is 15.2 Å². The van der Waals surface area contributed by atoms with Crippen molar-refractivity contribution in [3.05, 3.63) is 92.2 Å². The average Bonchev–Trinajstić information content (AvgIpc) is 3.02. The molecule has 232 valence electrons. The fraction of sp³-hybridized carbons (Fsp3) is 0.294. The fourth-order valence-corrected chi connectivity index (χ4v) is 6.48. The zero-order valence-electron chi connectivity index (χ0n) is 25.6. The summed E-state index contributed by atoms with van der Waals surface area (Å²) >= 11 is 13.1. The summed E-state index contributed by atoms with van der Waals surface area (Å²) in [6.07, 6.45) is 2.95. The Morgan fingerprint density at radius 2 is 1.93 bits per heavy atom. The van der Waals surface area contributed by atoms with Crippen LogP contribution in [0.3, 0.4) is 0 Å². The molecule has 1 atom stereocenters. The van der Waals surface area contributed by atoms with Crippen LogP contribution in [0.5, 0.6) is 5.75 Å². The largest absolute Gasteiger partial charge is 0.496 e. The molecule has 1 aliphatic heterocycles. The average molecular weight is 649 g/mol. The van der Waals surface area contributed by atoms with Crippen LogP contribution in [0.2, 0.25) is 10.0 Å². The number of benzene rings is 2. The highest BCUT2D eigenvalue weighted by molar-refractivity contribution is 6.35. The van der Waals surface area contributed by atoms with Crippen molar-refractivity contribution in [2.75, 3.05) is 31.6 Å². The number of amides is 1. The van der Waals surface area contributed by atoms with E-state index in [4.69, 9.17) is 27.9 Å². The van der Waals surface area contributed by atoms with E-state index in [1.807, 2.05) is 32.6 Å². The molecule has 4 aromatic rings. The third kappa shape index (κ3) is 5.43. The van der Waals surface area contributed by atoms with Gasteiger partial charge in [0, 0.05) is 47.8 Å². The van der Waals surface area contributed by atoms with E-state index in [2.05, 4.69) is 17.6 Å². The summed E-state index contributed by atoms with van der Waals surface area (Å²) in [4.78, 5) is 35.2. The summed E-state index contributed by atoms with van der Waals surface area (Å²) in [6.45, 7) is 12.4. The van der Waals surface area contributed by atoms with E-state index < -0.39 is 11.4 Å². The van der Waals surface area contributed by atoms with Crippen molar-refractivity contribution in [2.45, 2.75) is 39.7 Å². The first kappa shape index (κ1) is 32.0. The molecule has 1 fully saturated rings. The number of aryl methyl sites for hydroxylation is 1. The lowest BCUT2D eigenvalue weighted by Gasteiger charge is -2.41. The Balaban J connectivity index is 1.94. The number of piperazine rings is 1. The topological polar surface area (TPSA) is 91.5 Å². The minimum Gasteiger partial charge on any atom is -0.496 e. The number of pyridine rings is 2. The molecule has 2 aromatic heterocycles. The minimum absolute atomic E-state index is 0.0405. The molecule has 0 aliphatic carbocycles. The van der Waals surface area contributed by atoms with Gasteiger partial charge in [0.1, 0.15) is 17.4 Å². The monoisotopic (exact) mass is 647 g/mol. The van der Waals surface area contributed by atoms with Gasteiger partial charge in [-0.2, -0.15) is 5.26 Å². The molecule has 45 heavy (non-hydrogen) atoms. The highest BCUT2D eigenvalue weighted by atomic mass is 35.5. The Bertz CT molecular complexity index is 1970. The van der Waals surface area contributed by atoms with E-state index in [1.54, 1.807) is 35.4 Å². The van der Waals surface area contributed by atoms with Crippen LogP contribution in [0.4, 0.5) is 10.1 Å². The van der Waals surface area contributed by atoms with Crippen LogP contribution >= 0.6 is 23.2 Å². The van der Waals surface area contributed by atoms with Crippen molar-refractivity contribution < 1.29 is 13.9 Å². The van der Waals surface area contributed by atoms with Gasteiger partial charge >= 0.3 is 0 Å². The highest BCUT2D eigenvalue weighted by Crippen LogP contribution is 2.44. The summed E-state index contributed by atoms with van der Waals surface area (Å²) in [5.74, 6) is -0.782. The van der Waals surface area contributed by atoms with Gasteiger partial charge in [-0.3, -0.25) is 19.1 Å². The number of hydrogen-bond acceptors (Lipinski definition) is 6. The molecule has 1 aliphatic rings. The molecule has 3 heterocycles. The molecule has 2 aromatic carbocycles. The highest BCUT2D eigenvalue weighted by Gasteiger charge is 2.32. The van der Waals surface area contributed by atoms with Crippen LogP contribution in [0.25, 0.3) is 27.7 Å². The van der Waals surface area contributed by atoms with E-state index in [-0.39, 0.29) is 50.4 Å². The fourth-order valence-electron chi connectivity index (χ4n) is 6.06.